The van der Waals surface area contributed by atoms with Crippen molar-refractivity contribution in [3.63, 3.8) is 0 Å². The largest absolute Gasteiger partial charge is 0.508 e. The van der Waals surface area contributed by atoms with Crippen LogP contribution in [0.25, 0.3) is 0 Å². The molecule has 0 heterocycles. The van der Waals surface area contributed by atoms with Crippen molar-refractivity contribution in [3.8, 4) is 11.5 Å². The first-order valence-electron chi connectivity index (χ1n) is 5.56. The van der Waals surface area contributed by atoms with E-state index in [4.69, 9.17) is 0 Å². The number of carbonyl (C=O) groups excluding carboxylic acids is 1. The van der Waals surface area contributed by atoms with E-state index >= 15 is 0 Å². The number of hydrogen-bond acceptors (Lipinski definition) is 5. The van der Waals surface area contributed by atoms with E-state index in [-0.39, 0.29) is 17.0 Å². The fourth-order valence-electron chi connectivity index (χ4n) is 1.64. The van der Waals surface area contributed by atoms with Gasteiger partial charge in [0, 0.05) is 11.6 Å². The highest BCUT2D eigenvalue weighted by atomic mass is 16.6. The minimum absolute atomic E-state index is 0.107. The average Bonchev–Trinajstić information content (AvgIpc) is 2.40. The van der Waals surface area contributed by atoms with Crippen LogP contribution in [0.5, 0.6) is 11.5 Å². The van der Waals surface area contributed by atoms with E-state index in [0.29, 0.717) is 0 Å². The van der Waals surface area contributed by atoms with Gasteiger partial charge in [-0.3, -0.25) is 14.9 Å². The Morgan fingerprint density at radius 2 is 1.85 bits per heavy atom. The van der Waals surface area contributed by atoms with Gasteiger partial charge in [0.1, 0.15) is 11.5 Å². The highest BCUT2D eigenvalue weighted by molar-refractivity contribution is 6.06. The van der Waals surface area contributed by atoms with Gasteiger partial charge in [0.15, 0.2) is 5.69 Å². The normalized spacial score (nSPS) is 10.0. The third-order valence-corrected chi connectivity index (χ3v) is 2.56. The molecule has 0 aliphatic rings. The Kier molecular flexibility index (Phi) is 3.52. The lowest BCUT2D eigenvalue weighted by Gasteiger charge is -2.08. The van der Waals surface area contributed by atoms with Crippen LogP contribution in [0, 0.1) is 10.1 Å². The second-order valence-corrected chi connectivity index (χ2v) is 3.93. The van der Waals surface area contributed by atoms with Gasteiger partial charge >= 0.3 is 0 Å². The Balaban J connectivity index is 2.35. The summed E-state index contributed by atoms with van der Waals surface area (Å²) >= 11 is 0. The highest BCUT2D eigenvalue weighted by Gasteiger charge is 2.20. The molecule has 7 heteroatoms. The third kappa shape index (κ3) is 2.66. The Bertz CT molecular complexity index is 684. The number of phenolic OH excluding ortho intramolecular Hbond substituents is 2. The first-order chi connectivity index (χ1) is 9.49. The zero-order valence-corrected chi connectivity index (χ0v) is 10.1. The lowest BCUT2D eigenvalue weighted by molar-refractivity contribution is -0.384. The van der Waals surface area contributed by atoms with Crippen LogP contribution < -0.4 is 5.32 Å². The number of nitrogens with one attached hydrogen (secondary N) is 1. The molecule has 1 amide bonds. The molecule has 2 rings (SSSR count). The molecule has 0 saturated carbocycles. The van der Waals surface area contributed by atoms with Gasteiger partial charge in [0.25, 0.3) is 11.6 Å². The summed E-state index contributed by atoms with van der Waals surface area (Å²) in [6, 6.07) is 9.19. The highest BCUT2D eigenvalue weighted by Crippen LogP contribution is 2.33. The molecule has 0 saturated heterocycles. The fourth-order valence-corrected chi connectivity index (χ4v) is 1.64. The molecule has 0 fully saturated rings. The molecule has 0 unspecified atom stereocenters. The maximum Gasteiger partial charge on any atom is 0.296 e. The van der Waals surface area contributed by atoms with Gasteiger partial charge in [-0.1, -0.05) is 12.1 Å². The number of para-hydroxylation sites is 1. The van der Waals surface area contributed by atoms with E-state index in [1.807, 2.05) is 0 Å². The summed E-state index contributed by atoms with van der Waals surface area (Å²) < 4.78 is 0. The molecule has 3 N–H and O–H groups in total. The van der Waals surface area contributed by atoms with Gasteiger partial charge in [0.05, 0.1) is 4.92 Å². The van der Waals surface area contributed by atoms with Crippen LogP contribution in [0.15, 0.2) is 42.5 Å². The molecule has 0 spiro atoms. The quantitative estimate of drug-likeness (QED) is 0.451. The maximum absolute atomic E-state index is 11.9. The first-order valence-corrected chi connectivity index (χ1v) is 5.56. The number of carbonyl (C=O) groups is 1. The maximum atomic E-state index is 11.9. The minimum Gasteiger partial charge on any atom is -0.508 e. The van der Waals surface area contributed by atoms with Crippen LogP contribution in [0.4, 0.5) is 11.4 Å². The Labute approximate surface area is 113 Å². The van der Waals surface area contributed by atoms with E-state index < -0.39 is 22.3 Å². The van der Waals surface area contributed by atoms with E-state index in [0.717, 1.165) is 6.07 Å². The number of nitro benzene ring substituents is 1. The zero-order chi connectivity index (χ0) is 14.7. The molecular weight excluding hydrogens is 264 g/mol. The monoisotopic (exact) mass is 274 g/mol. The van der Waals surface area contributed by atoms with Gasteiger partial charge in [-0.15, -0.1) is 0 Å². The number of hydrogen-bond donors (Lipinski definition) is 3. The number of phenols is 2. The molecule has 0 radical (unpaired) electrons. The van der Waals surface area contributed by atoms with Gasteiger partial charge in [-0.2, -0.15) is 0 Å². The van der Waals surface area contributed by atoms with Crippen molar-refractivity contribution >= 4 is 17.3 Å². The predicted molar refractivity (Wildman–Crippen MR) is 70.8 cm³/mol. The molecule has 7 nitrogen and oxygen atoms in total. The van der Waals surface area contributed by atoms with Crippen LogP contribution in [0.1, 0.15) is 10.4 Å². The molecule has 20 heavy (non-hydrogen) atoms. The summed E-state index contributed by atoms with van der Waals surface area (Å²) in [7, 11) is 0. The third-order valence-electron chi connectivity index (χ3n) is 2.56. The van der Waals surface area contributed by atoms with Crippen LogP contribution in [0.2, 0.25) is 0 Å². The molecule has 0 aromatic heterocycles. The lowest BCUT2D eigenvalue weighted by Crippen LogP contribution is -2.13. The Morgan fingerprint density at radius 3 is 2.50 bits per heavy atom. The van der Waals surface area contributed by atoms with Crippen LogP contribution in [0.3, 0.4) is 0 Å². The minimum atomic E-state index is -0.711. The van der Waals surface area contributed by atoms with Crippen LogP contribution in [-0.4, -0.2) is 21.0 Å². The molecular formula is C13H10N2O5. The second-order valence-electron chi connectivity index (χ2n) is 3.93. The van der Waals surface area contributed by atoms with E-state index in [2.05, 4.69) is 5.32 Å². The summed E-state index contributed by atoms with van der Waals surface area (Å²) in [5.41, 5.74) is -0.591. The summed E-state index contributed by atoms with van der Waals surface area (Å²) in [6.45, 7) is 0. The number of rotatable bonds is 3. The van der Waals surface area contributed by atoms with Gasteiger partial charge in [-0.25, -0.2) is 0 Å². The molecule has 102 valence electrons. The summed E-state index contributed by atoms with van der Waals surface area (Å²) in [6.07, 6.45) is 0. The van der Waals surface area contributed by atoms with Crippen LogP contribution in [-0.2, 0) is 0 Å². The molecule has 0 atom stereocenters. The molecule has 2 aromatic carbocycles. The van der Waals surface area contributed by atoms with Crippen molar-refractivity contribution in [1.82, 2.24) is 0 Å². The van der Waals surface area contributed by atoms with Crippen molar-refractivity contribution in [1.29, 1.82) is 0 Å². The van der Waals surface area contributed by atoms with Crippen LogP contribution >= 0.6 is 0 Å². The number of amides is 1. The standard InChI is InChI=1S/C13H10N2O5/c16-9-4-1-3-8(7-9)13(18)14-12-10(15(19)20)5-2-6-11(12)17/h1-7,16-17H,(H,14,18). The van der Waals surface area contributed by atoms with Gasteiger partial charge in [0.2, 0.25) is 0 Å². The average molecular weight is 274 g/mol. The number of nitro groups is 1. The second kappa shape index (κ2) is 5.27. The van der Waals surface area contributed by atoms with Gasteiger partial charge < -0.3 is 15.5 Å². The number of anilines is 1. The van der Waals surface area contributed by atoms with Crippen molar-refractivity contribution in [2.45, 2.75) is 0 Å². The predicted octanol–water partition coefficient (Wildman–Crippen LogP) is 2.26. The van der Waals surface area contributed by atoms with E-state index in [1.54, 1.807) is 0 Å². The SMILES string of the molecule is O=C(Nc1c(O)cccc1[N+](=O)[O-])c1cccc(O)c1. The molecule has 0 aliphatic heterocycles. The first kappa shape index (κ1) is 13.3. The Morgan fingerprint density at radius 1 is 1.15 bits per heavy atom. The fraction of sp³-hybridized carbons (Fsp3) is 0. The molecule has 0 bridgehead atoms. The zero-order valence-electron chi connectivity index (χ0n) is 10.1. The van der Waals surface area contributed by atoms with Crippen molar-refractivity contribution in [3.05, 3.63) is 58.1 Å². The summed E-state index contributed by atoms with van der Waals surface area (Å²) in [5, 5.41) is 32.0. The van der Waals surface area contributed by atoms with E-state index in [9.17, 15) is 25.1 Å². The number of aromatic hydroxyl groups is 2. The molecule has 0 aliphatic carbocycles. The Hall–Kier alpha value is -3.09. The summed E-state index contributed by atoms with van der Waals surface area (Å²) in [4.78, 5) is 22.1. The van der Waals surface area contributed by atoms with Gasteiger partial charge in [-0.05, 0) is 24.3 Å². The molecule has 2 aromatic rings. The van der Waals surface area contributed by atoms with Crippen molar-refractivity contribution in [2.75, 3.05) is 5.32 Å². The van der Waals surface area contributed by atoms with Crippen molar-refractivity contribution < 1.29 is 19.9 Å². The smallest absolute Gasteiger partial charge is 0.296 e. The number of nitrogens with zero attached hydrogens (tertiary/aromatic N) is 1. The lowest BCUT2D eigenvalue weighted by atomic mass is 10.2. The van der Waals surface area contributed by atoms with Crippen molar-refractivity contribution in [2.24, 2.45) is 0 Å². The topological polar surface area (TPSA) is 113 Å². The van der Waals surface area contributed by atoms with E-state index in [1.165, 1.54) is 36.4 Å². The number of benzene rings is 2. The summed E-state index contributed by atoms with van der Waals surface area (Å²) in [5.74, 6) is -1.19.